The number of nitrogens with one attached hydrogen (secondary N) is 1. The van der Waals surface area contributed by atoms with E-state index in [9.17, 15) is 4.39 Å². The summed E-state index contributed by atoms with van der Waals surface area (Å²) in [5.41, 5.74) is 0.695. The number of piperazine rings is 1. The van der Waals surface area contributed by atoms with Gasteiger partial charge in [-0.2, -0.15) is 0 Å². The lowest BCUT2D eigenvalue weighted by molar-refractivity contribution is 0.564. The molecule has 0 aliphatic carbocycles. The molecular formula is C10H12BrFN2. The summed E-state index contributed by atoms with van der Waals surface area (Å²) in [4.78, 5) is 2.07. The summed E-state index contributed by atoms with van der Waals surface area (Å²) < 4.78 is 14.2. The normalized spacial score (nSPS) is 17.1. The first-order chi connectivity index (χ1) is 6.79. The SMILES string of the molecule is Fc1c(Br)cccc1N1CCNCC1. The first-order valence-corrected chi connectivity index (χ1v) is 5.48. The number of halogens is 2. The van der Waals surface area contributed by atoms with Gasteiger partial charge in [0.15, 0.2) is 5.82 Å². The van der Waals surface area contributed by atoms with E-state index in [4.69, 9.17) is 0 Å². The minimum absolute atomic E-state index is 0.158. The number of nitrogens with zero attached hydrogens (tertiary/aromatic N) is 1. The van der Waals surface area contributed by atoms with E-state index in [0.29, 0.717) is 10.2 Å². The van der Waals surface area contributed by atoms with Crippen molar-refractivity contribution >= 4 is 21.6 Å². The molecule has 1 aromatic carbocycles. The van der Waals surface area contributed by atoms with Crippen LogP contribution in [0.15, 0.2) is 22.7 Å². The van der Waals surface area contributed by atoms with Gasteiger partial charge < -0.3 is 10.2 Å². The molecule has 1 N–H and O–H groups in total. The highest BCUT2D eigenvalue weighted by Crippen LogP contribution is 2.25. The van der Waals surface area contributed by atoms with E-state index in [-0.39, 0.29) is 5.82 Å². The van der Waals surface area contributed by atoms with Gasteiger partial charge in [0, 0.05) is 26.2 Å². The van der Waals surface area contributed by atoms with Gasteiger partial charge in [-0.3, -0.25) is 0 Å². The Morgan fingerprint density at radius 2 is 2.00 bits per heavy atom. The van der Waals surface area contributed by atoms with Crippen molar-refractivity contribution in [2.24, 2.45) is 0 Å². The van der Waals surface area contributed by atoms with Crippen molar-refractivity contribution in [1.82, 2.24) is 5.32 Å². The summed E-state index contributed by atoms with van der Waals surface area (Å²) in [6, 6.07) is 5.41. The molecule has 0 unspecified atom stereocenters. The Labute approximate surface area is 91.2 Å². The average Bonchev–Trinajstić information content (AvgIpc) is 2.23. The minimum atomic E-state index is -0.158. The Hall–Kier alpha value is -0.610. The molecule has 1 aliphatic rings. The zero-order valence-electron chi connectivity index (χ0n) is 7.76. The average molecular weight is 259 g/mol. The second kappa shape index (κ2) is 4.28. The van der Waals surface area contributed by atoms with Crippen LogP contribution >= 0.6 is 15.9 Å². The van der Waals surface area contributed by atoms with Crippen molar-refractivity contribution in [2.75, 3.05) is 31.1 Å². The van der Waals surface area contributed by atoms with Crippen molar-refractivity contribution in [3.8, 4) is 0 Å². The maximum absolute atomic E-state index is 13.7. The summed E-state index contributed by atoms with van der Waals surface area (Å²) in [5.74, 6) is -0.158. The topological polar surface area (TPSA) is 15.3 Å². The van der Waals surface area contributed by atoms with Gasteiger partial charge in [0.1, 0.15) is 0 Å². The fourth-order valence-corrected chi connectivity index (χ4v) is 2.00. The number of hydrogen-bond acceptors (Lipinski definition) is 2. The van der Waals surface area contributed by atoms with Gasteiger partial charge in [-0.05, 0) is 28.1 Å². The highest BCUT2D eigenvalue weighted by Gasteiger charge is 2.15. The molecule has 2 nitrogen and oxygen atoms in total. The van der Waals surface area contributed by atoms with E-state index in [1.807, 2.05) is 12.1 Å². The van der Waals surface area contributed by atoms with Crippen molar-refractivity contribution in [3.63, 3.8) is 0 Å². The summed E-state index contributed by atoms with van der Waals surface area (Å²) >= 11 is 3.20. The van der Waals surface area contributed by atoms with Gasteiger partial charge in [-0.15, -0.1) is 0 Å². The highest BCUT2D eigenvalue weighted by atomic mass is 79.9. The van der Waals surface area contributed by atoms with E-state index in [2.05, 4.69) is 26.1 Å². The molecule has 1 aromatic rings. The molecule has 0 saturated carbocycles. The molecule has 0 bridgehead atoms. The Bertz CT molecular complexity index is 324. The van der Waals surface area contributed by atoms with Gasteiger partial charge in [-0.25, -0.2) is 4.39 Å². The third-order valence-electron chi connectivity index (χ3n) is 2.39. The van der Waals surface area contributed by atoms with Crippen LogP contribution in [0, 0.1) is 5.82 Å². The minimum Gasteiger partial charge on any atom is -0.367 e. The zero-order valence-corrected chi connectivity index (χ0v) is 9.35. The van der Waals surface area contributed by atoms with Crippen molar-refractivity contribution in [1.29, 1.82) is 0 Å². The summed E-state index contributed by atoms with van der Waals surface area (Å²) in [5, 5.41) is 3.24. The third kappa shape index (κ3) is 1.91. The van der Waals surface area contributed by atoms with Gasteiger partial charge in [-0.1, -0.05) is 6.07 Å². The molecule has 1 fully saturated rings. The monoisotopic (exact) mass is 258 g/mol. The van der Waals surface area contributed by atoms with Gasteiger partial charge in [0.25, 0.3) is 0 Å². The second-order valence-electron chi connectivity index (χ2n) is 3.31. The molecule has 0 aromatic heterocycles. The van der Waals surface area contributed by atoms with Crippen molar-refractivity contribution in [2.45, 2.75) is 0 Å². The van der Waals surface area contributed by atoms with Gasteiger partial charge >= 0.3 is 0 Å². The number of anilines is 1. The fraction of sp³-hybridized carbons (Fsp3) is 0.400. The molecule has 0 atom stereocenters. The van der Waals surface area contributed by atoms with Crippen LogP contribution in [0.25, 0.3) is 0 Å². The molecule has 2 rings (SSSR count). The lowest BCUT2D eigenvalue weighted by Gasteiger charge is -2.29. The Morgan fingerprint density at radius 1 is 1.29 bits per heavy atom. The maximum Gasteiger partial charge on any atom is 0.160 e. The van der Waals surface area contributed by atoms with E-state index in [0.717, 1.165) is 26.2 Å². The largest absolute Gasteiger partial charge is 0.367 e. The third-order valence-corrected chi connectivity index (χ3v) is 3.00. The Morgan fingerprint density at radius 3 is 2.71 bits per heavy atom. The lowest BCUT2D eigenvalue weighted by atomic mass is 10.2. The number of hydrogen-bond donors (Lipinski definition) is 1. The first kappa shape index (κ1) is 9.93. The molecule has 0 spiro atoms. The van der Waals surface area contributed by atoms with Gasteiger partial charge in [0.2, 0.25) is 0 Å². The van der Waals surface area contributed by atoms with Crippen LogP contribution in [0.1, 0.15) is 0 Å². The van der Waals surface area contributed by atoms with Crippen LogP contribution in [0.2, 0.25) is 0 Å². The number of benzene rings is 1. The molecular weight excluding hydrogens is 247 g/mol. The standard InChI is InChI=1S/C10H12BrFN2/c11-8-2-1-3-9(10(8)12)14-6-4-13-5-7-14/h1-3,13H,4-7H2. The predicted molar refractivity (Wildman–Crippen MR) is 59.2 cm³/mol. The molecule has 0 amide bonds. The zero-order chi connectivity index (χ0) is 9.97. The summed E-state index contributed by atoms with van der Waals surface area (Å²) in [7, 11) is 0. The lowest BCUT2D eigenvalue weighted by Crippen LogP contribution is -2.43. The van der Waals surface area contributed by atoms with Crippen LogP contribution in [0.5, 0.6) is 0 Å². The van der Waals surface area contributed by atoms with Crippen molar-refractivity contribution < 1.29 is 4.39 Å². The van der Waals surface area contributed by atoms with Crippen LogP contribution in [-0.2, 0) is 0 Å². The van der Waals surface area contributed by atoms with Gasteiger partial charge in [0.05, 0.1) is 10.2 Å². The summed E-state index contributed by atoms with van der Waals surface area (Å²) in [6.45, 7) is 3.58. The Balaban J connectivity index is 2.26. The van der Waals surface area contributed by atoms with Crippen molar-refractivity contribution in [3.05, 3.63) is 28.5 Å². The smallest absolute Gasteiger partial charge is 0.160 e. The van der Waals surface area contributed by atoms with Crippen LogP contribution < -0.4 is 10.2 Å². The van der Waals surface area contributed by atoms with E-state index in [1.54, 1.807) is 6.07 Å². The van der Waals surface area contributed by atoms with Crippen LogP contribution in [0.4, 0.5) is 10.1 Å². The van der Waals surface area contributed by atoms with E-state index >= 15 is 0 Å². The quantitative estimate of drug-likeness (QED) is 0.829. The summed E-state index contributed by atoms with van der Waals surface area (Å²) in [6.07, 6.45) is 0. The second-order valence-corrected chi connectivity index (χ2v) is 4.16. The molecule has 1 aliphatic heterocycles. The Kier molecular flexibility index (Phi) is 3.03. The highest BCUT2D eigenvalue weighted by molar-refractivity contribution is 9.10. The molecule has 1 heterocycles. The van der Waals surface area contributed by atoms with Crippen LogP contribution in [-0.4, -0.2) is 26.2 Å². The van der Waals surface area contributed by atoms with E-state index in [1.165, 1.54) is 0 Å². The molecule has 1 saturated heterocycles. The predicted octanol–water partition coefficient (Wildman–Crippen LogP) is 2.00. The van der Waals surface area contributed by atoms with E-state index < -0.39 is 0 Å². The maximum atomic E-state index is 13.7. The fourth-order valence-electron chi connectivity index (χ4n) is 1.64. The molecule has 14 heavy (non-hydrogen) atoms. The molecule has 76 valence electrons. The molecule has 4 heteroatoms. The number of rotatable bonds is 1. The molecule has 0 radical (unpaired) electrons. The van der Waals surface area contributed by atoms with Crippen LogP contribution in [0.3, 0.4) is 0 Å². The first-order valence-electron chi connectivity index (χ1n) is 4.69.